The number of sulfonamides is 1. The standard InChI is InChI=1S/C17H12N4O6S/c22-12(23)8-21-16-9(4-3-7-18-16)14(24)13(17(21)25)15-19-10-5-1-2-6-11(10)28(26,27)20-15/h1-7,24H,8H2,(H,19,20)(H,22,23). The number of anilines is 1. The maximum absolute atomic E-state index is 12.9. The number of nitrogens with one attached hydrogen (secondary N) is 1. The zero-order valence-electron chi connectivity index (χ0n) is 14.0. The third kappa shape index (κ3) is 2.68. The number of para-hydroxylation sites is 1. The summed E-state index contributed by atoms with van der Waals surface area (Å²) in [7, 11) is -4.13. The number of aromatic hydroxyl groups is 1. The molecule has 1 aliphatic rings. The van der Waals surface area contributed by atoms with Crippen LogP contribution in [0.25, 0.3) is 11.0 Å². The molecule has 1 aliphatic heterocycles. The molecule has 0 spiro atoms. The number of aliphatic carboxylic acids is 1. The number of carboxylic acid groups (broad SMARTS) is 1. The highest BCUT2D eigenvalue weighted by molar-refractivity contribution is 7.90. The van der Waals surface area contributed by atoms with Gasteiger partial charge in [-0.05, 0) is 24.3 Å². The van der Waals surface area contributed by atoms with E-state index in [1.165, 1.54) is 36.5 Å². The Morgan fingerprint density at radius 1 is 1.18 bits per heavy atom. The molecule has 0 aliphatic carbocycles. The number of amidine groups is 1. The number of nitrogens with zero attached hydrogens (tertiary/aromatic N) is 3. The first-order valence-corrected chi connectivity index (χ1v) is 9.37. The van der Waals surface area contributed by atoms with Crippen LogP contribution in [-0.4, -0.2) is 40.0 Å². The van der Waals surface area contributed by atoms with Crippen LogP contribution in [-0.2, 0) is 21.4 Å². The van der Waals surface area contributed by atoms with Gasteiger partial charge < -0.3 is 15.5 Å². The van der Waals surface area contributed by atoms with Gasteiger partial charge in [0.2, 0.25) is 0 Å². The third-order valence-electron chi connectivity index (χ3n) is 4.15. The van der Waals surface area contributed by atoms with Crippen LogP contribution in [0.15, 0.2) is 56.7 Å². The van der Waals surface area contributed by atoms with Crippen molar-refractivity contribution in [2.24, 2.45) is 4.40 Å². The fraction of sp³-hybridized carbons (Fsp3) is 0.0588. The van der Waals surface area contributed by atoms with Gasteiger partial charge in [0, 0.05) is 6.20 Å². The van der Waals surface area contributed by atoms with Crippen molar-refractivity contribution < 1.29 is 23.4 Å². The van der Waals surface area contributed by atoms with Gasteiger partial charge in [0.1, 0.15) is 28.4 Å². The Bertz CT molecular complexity index is 1340. The molecule has 142 valence electrons. The van der Waals surface area contributed by atoms with Gasteiger partial charge in [-0.1, -0.05) is 12.1 Å². The lowest BCUT2D eigenvalue weighted by molar-refractivity contribution is -0.137. The van der Waals surface area contributed by atoms with Crippen LogP contribution in [0.3, 0.4) is 0 Å². The molecule has 2 aromatic heterocycles. The lowest BCUT2D eigenvalue weighted by atomic mass is 10.1. The molecule has 11 heteroatoms. The average Bonchev–Trinajstić information content (AvgIpc) is 2.65. The summed E-state index contributed by atoms with van der Waals surface area (Å²) in [5, 5.41) is 22.6. The molecule has 0 fully saturated rings. The van der Waals surface area contributed by atoms with Gasteiger partial charge >= 0.3 is 5.97 Å². The van der Waals surface area contributed by atoms with Gasteiger partial charge in [-0.3, -0.25) is 14.2 Å². The number of fused-ring (bicyclic) bond motifs is 2. The molecule has 0 unspecified atom stereocenters. The third-order valence-corrected chi connectivity index (χ3v) is 5.49. The number of aromatic nitrogens is 2. The molecule has 0 amide bonds. The van der Waals surface area contributed by atoms with Crippen LogP contribution in [0.2, 0.25) is 0 Å². The highest BCUT2D eigenvalue weighted by Gasteiger charge is 2.30. The zero-order valence-corrected chi connectivity index (χ0v) is 14.8. The van der Waals surface area contributed by atoms with Crippen molar-refractivity contribution in [3.8, 4) is 5.75 Å². The summed E-state index contributed by atoms with van der Waals surface area (Å²) < 4.78 is 29.4. The first-order chi connectivity index (χ1) is 13.3. The van der Waals surface area contributed by atoms with Crippen molar-refractivity contribution in [3.63, 3.8) is 0 Å². The van der Waals surface area contributed by atoms with Gasteiger partial charge in [0.05, 0.1) is 11.1 Å². The molecule has 10 nitrogen and oxygen atoms in total. The number of carbonyl (C=O) groups is 1. The Morgan fingerprint density at radius 2 is 1.93 bits per heavy atom. The molecule has 0 saturated heterocycles. The van der Waals surface area contributed by atoms with Gasteiger partial charge in [-0.25, -0.2) is 4.98 Å². The lowest BCUT2D eigenvalue weighted by Gasteiger charge is -2.19. The first kappa shape index (κ1) is 17.7. The number of carboxylic acids is 1. The fourth-order valence-corrected chi connectivity index (χ4v) is 4.11. The fourth-order valence-electron chi connectivity index (χ4n) is 2.98. The SMILES string of the molecule is O=C(O)Cn1c(=O)c(C2=NS(=O)(=O)c3ccccc3N2)c(O)c2cccnc21. The van der Waals surface area contributed by atoms with Crippen LogP contribution >= 0.6 is 0 Å². The molecule has 0 bridgehead atoms. The van der Waals surface area contributed by atoms with Gasteiger partial charge in [0.15, 0.2) is 5.84 Å². The lowest BCUT2D eigenvalue weighted by Crippen LogP contribution is -2.34. The van der Waals surface area contributed by atoms with Crippen LogP contribution in [0.4, 0.5) is 5.69 Å². The van der Waals surface area contributed by atoms with Gasteiger partial charge in [-0.15, -0.1) is 4.40 Å². The maximum atomic E-state index is 12.9. The highest BCUT2D eigenvalue weighted by Crippen LogP contribution is 2.31. The van der Waals surface area contributed by atoms with E-state index in [2.05, 4.69) is 14.7 Å². The minimum Gasteiger partial charge on any atom is -0.506 e. The van der Waals surface area contributed by atoms with Crippen LogP contribution in [0, 0.1) is 0 Å². The minimum atomic E-state index is -4.13. The molecule has 3 heterocycles. The number of hydrogen-bond acceptors (Lipinski definition) is 7. The predicted octanol–water partition coefficient (Wildman–Crippen LogP) is 0.748. The molecule has 1 aromatic carbocycles. The summed E-state index contributed by atoms with van der Waals surface area (Å²) in [5.41, 5.74) is -1.26. The molecule has 0 radical (unpaired) electrons. The Labute approximate surface area is 157 Å². The average molecular weight is 400 g/mol. The molecular weight excluding hydrogens is 388 g/mol. The number of benzene rings is 1. The summed E-state index contributed by atoms with van der Waals surface area (Å²) in [5.74, 6) is -2.25. The zero-order chi connectivity index (χ0) is 20.1. The summed E-state index contributed by atoms with van der Waals surface area (Å²) >= 11 is 0. The van der Waals surface area contributed by atoms with Gasteiger partial charge in [0.25, 0.3) is 15.6 Å². The second-order valence-corrected chi connectivity index (χ2v) is 7.49. The summed E-state index contributed by atoms with van der Waals surface area (Å²) in [6.45, 7) is -0.726. The van der Waals surface area contributed by atoms with Crippen molar-refractivity contribution >= 4 is 38.5 Å². The van der Waals surface area contributed by atoms with E-state index >= 15 is 0 Å². The molecule has 3 N–H and O–H groups in total. The van der Waals surface area contributed by atoms with Crippen LogP contribution < -0.4 is 10.9 Å². The van der Waals surface area contributed by atoms with E-state index in [1.54, 1.807) is 6.07 Å². The predicted molar refractivity (Wildman–Crippen MR) is 99.1 cm³/mol. The molecule has 4 rings (SSSR count). The van der Waals surface area contributed by atoms with E-state index in [0.717, 1.165) is 4.57 Å². The van der Waals surface area contributed by atoms with Gasteiger partial charge in [-0.2, -0.15) is 8.42 Å². The smallest absolute Gasteiger partial charge is 0.323 e. The van der Waals surface area contributed by atoms with E-state index in [-0.39, 0.29) is 21.6 Å². The van der Waals surface area contributed by atoms with E-state index < -0.39 is 45.2 Å². The second kappa shape index (κ2) is 6.16. The molecule has 28 heavy (non-hydrogen) atoms. The Balaban J connectivity index is 2.04. The van der Waals surface area contributed by atoms with Crippen molar-refractivity contribution in [1.29, 1.82) is 0 Å². The number of pyridine rings is 2. The summed E-state index contributed by atoms with van der Waals surface area (Å²) in [6.07, 6.45) is 1.34. The van der Waals surface area contributed by atoms with Crippen LogP contribution in [0.1, 0.15) is 5.56 Å². The van der Waals surface area contributed by atoms with Crippen LogP contribution in [0.5, 0.6) is 5.75 Å². The Hall–Kier alpha value is -3.73. The summed E-state index contributed by atoms with van der Waals surface area (Å²) in [4.78, 5) is 28.0. The normalized spacial score (nSPS) is 14.8. The number of hydrogen-bond donors (Lipinski definition) is 3. The van der Waals surface area contributed by atoms with E-state index in [0.29, 0.717) is 0 Å². The van der Waals surface area contributed by atoms with E-state index in [4.69, 9.17) is 5.11 Å². The molecule has 3 aromatic rings. The topological polar surface area (TPSA) is 151 Å². The highest BCUT2D eigenvalue weighted by atomic mass is 32.2. The monoisotopic (exact) mass is 400 g/mol. The first-order valence-electron chi connectivity index (χ1n) is 7.93. The molecule has 0 atom stereocenters. The van der Waals surface area contributed by atoms with E-state index in [9.17, 15) is 23.1 Å². The Kier molecular flexibility index (Phi) is 3.89. The minimum absolute atomic E-state index is 0.0455. The maximum Gasteiger partial charge on any atom is 0.323 e. The summed E-state index contributed by atoms with van der Waals surface area (Å²) in [6, 6.07) is 8.88. The van der Waals surface area contributed by atoms with Crippen molar-refractivity contribution in [1.82, 2.24) is 9.55 Å². The molecular formula is C17H12N4O6S. The van der Waals surface area contributed by atoms with E-state index in [1.807, 2.05) is 0 Å². The quantitative estimate of drug-likeness (QED) is 0.582. The largest absolute Gasteiger partial charge is 0.506 e. The van der Waals surface area contributed by atoms with Crippen molar-refractivity contribution in [2.75, 3.05) is 5.32 Å². The van der Waals surface area contributed by atoms with Crippen molar-refractivity contribution in [2.45, 2.75) is 11.4 Å². The molecule has 0 saturated carbocycles. The van der Waals surface area contributed by atoms with Crippen molar-refractivity contribution in [3.05, 3.63) is 58.5 Å². The number of rotatable bonds is 3. The Morgan fingerprint density at radius 3 is 2.68 bits per heavy atom. The second-order valence-electron chi connectivity index (χ2n) is 5.92.